The molecule has 0 fully saturated rings. The van der Waals surface area contributed by atoms with E-state index < -0.39 is 6.04 Å². The van der Waals surface area contributed by atoms with Crippen LogP contribution in [0.4, 0.5) is 5.95 Å². The van der Waals surface area contributed by atoms with Crippen molar-refractivity contribution in [3.05, 3.63) is 81.2 Å². The molecule has 2 heterocycles. The van der Waals surface area contributed by atoms with Gasteiger partial charge in [0.2, 0.25) is 5.95 Å². The number of allylic oxidation sites excluding steroid dienone is 2. The molecule has 32 heavy (non-hydrogen) atoms. The molecule has 166 valence electrons. The first kappa shape index (κ1) is 22.3. The van der Waals surface area contributed by atoms with Crippen molar-refractivity contribution in [2.45, 2.75) is 52.7 Å². The molecular formula is C25H27BrN4O2. The summed E-state index contributed by atoms with van der Waals surface area (Å²) in [4.78, 5) is 16.9. The maximum atomic E-state index is 12.6. The number of carbonyl (C=O) groups is 1. The number of rotatable bonds is 5. The fraction of sp³-hybridized carbons (Fsp3) is 0.320. The Hall–Kier alpha value is -2.93. The lowest BCUT2D eigenvalue weighted by molar-refractivity contribution is -0.114. The zero-order chi connectivity index (χ0) is 23.0. The number of benzene rings is 2. The molecule has 0 radical (unpaired) electrons. The Morgan fingerprint density at radius 1 is 1.19 bits per heavy atom. The zero-order valence-corrected chi connectivity index (χ0v) is 20.5. The van der Waals surface area contributed by atoms with E-state index in [-0.39, 0.29) is 11.2 Å². The van der Waals surface area contributed by atoms with Gasteiger partial charge in [0.05, 0.1) is 0 Å². The average molecular weight is 495 g/mol. The van der Waals surface area contributed by atoms with Crippen LogP contribution >= 0.6 is 15.9 Å². The van der Waals surface area contributed by atoms with E-state index in [1.807, 2.05) is 25.1 Å². The van der Waals surface area contributed by atoms with Gasteiger partial charge in [-0.2, -0.15) is 10.1 Å². The van der Waals surface area contributed by atoms with E-state index in [1.54, 1.807) is 11.6 Å². The Bertz CT molecular complexity index is 1190. The van der Waals surface area contributed by atoms with E-state index >= 15 is 0 Å². The second-order valence-corrected chi connectivity index (χ2v) is 9.98. The lowest BCUT2D eigenvalue weighted by Gasteiger charge is -2.29. The van der Waals surface area contributed by atoms with E-state index in [0.29, 0.717) is 23.9 Å². The molecule has 3 aromatic rings. The smallest absolute Gasteiger partial charge is 0.226 e. The summed E-state index contributed by atoms with van der Waals surface area (Å²) in [6.07, 6.45) is 1.49. The highest BCUT2D eigenvalue weighted by Gasteiger charge is 2.33. The third kappa shape index (κ3) is 4.35. The summed E-state index contributed by atoms with van der Waals surface area (Å²) >= 11 is 3.57. The SMILES string of the molecule is CC(=O)C1=C(C)Nc2ncnn2C1c1cc(Br)ccc1OCc1ccc(C(C)(C)C)cc1. The van der Waals surface area contributed by atoms with Gasteiger partial charge in [0.15, 0.2) is 5.78 Å². The summed E-state index contributed by atoms with van der Waals surface area (Å²) in [5.41, 5.74) is 4.73. The molecule has 1 atom stereocenters. The summed E-state index contributed by atoms with van der Waals surface area (Å²) in [5.74, 6) is 1.28. The minimum atomic E-state index is -0.429. The number of ketones is 1. The van der Waals surface area contributed by atoms with Crippen molar-refractivity contribution >= 4 is 27.7 Å². The summed E-state index contributed by atoms with van der Waals surface area (Å²) < 4.78 is 8.91. The van der Waals surface area contributed by atoms with Crippen LogP contribution in [0.3, 0.4) is 0 Å². The van der Waals surface area contributed by atoms with E-state index in [0.717, 1.165) is 21.3 Å². The van der Waals surface area contributed by atoms with Crippen LogP contribution in [0.25, 0.3) is 0 Å². The molecule has 0 amide bonds. The second-order valence-electron chi connectivity index (χ2n) is 9.07. The van der Waals surface area contributed by atoms with Crippen LogP contribution < -0.4 is 10.1 Å². The Morgan fingerprint density at radius 3 is 2.56 bits per heavy atom. The molecule has 1 aromatic heterocycles. The van der Waals surface area contributed by atoms with E-state index in [9.17, 15) is 4.79 Å². The molecule has 1 N–H and O–H groups in total. The zero-order valence-electron chi connectivity index (χ0n) is 18.9. The molecule has 0 spiro atoms. The number of fused-ring (bicyclic) bond motifs is 1. The van der Waals surface area contributed by atoms with Crippen molar-refractivity contribution < 1.29 is 9.53 Å². The van der Waals surface area contributed by atoms with Crippen LogP contribution in [0.1, 0.15) is 57.4 Å². The third-order valence-electron chi connectivity index (χ3n) is 5.65. The highest BCUT2D eigenvalue weighted by atomic mass is 79.9. The van der Waals surface area contributed by atoms with Crippen LogP contribution in [0.2, 0.25) is 0 Å². The number of carbonyl (C=O) groups excluding carboxylic acids is 1. The minimum absolute atomic E-state index is 0.0233. The molecule has 1 aliphatic rings. The van der Waals surface area contributed by atoms with Crippen LogP contribution in [0, 0.1) is 0 Å². The molecule has 1 unspecified atom stereocenters. The van der Waals surface area contributed by atoms with Gasteiger partial charge in [-0.25, -0.2) is 4.68 Å². The number of ether oxygens (including phenoxy) is 1. The predicted molar refractivity (Wildman–Crippen MR) is 129 cm³/mol. The van der Waals surface area contributed by atoms with Crippen LogP contribution in [0.5, 0.6) is 5.75 Å². The standard InChI is InChI=1S/C25H27BrN4O2/c1-15-22(16(2)31)23(30-24(29-15)27-14-28-30)20-12-19(26)10-11-21(20)32-13-17-6-8-18(9-7-17)25(3,4)5/h6-12,14,23H,13H2,1-5H3,(H,27,28,29). The predicted octanol–water partition coefficient (Wildman–Crippen LogP) is 5.80. The Kier molecular flexibility index (Phi) is 5.95. The Balaban J connectivity index is 1.69. The lowest BCUT2D eigenvalue weighted by atomic mass is 9.87. The summed E-state index contributed by atoms with van der Waals surface area (Å²) in [5, 5.41) is 7.57. The molecule has 0 saturated heterocycles. The monoisotopic (exact) mass is 494 g/mol. The van der Waals surface area contributed by atoms with Gasteiger partial charge in [0.25, 0.3) is 0 Å². The van der Waals surface area contributed by atoms with Gasteiger partial charge in [-0.15, -0.1) is 0 Å². The fourth-order valence-corrected chi connectivity index (χ4v) is 4.34. The van der Waals surface area contributed by atoms with Crippen molar-refractivity contribution in [1.82, 2.24) is 14.8 Å². The maximum absolute atomic E-state index is 12.6. The Labute approximate surface area is 196 Å². The molecule has 7 heteroatoms. The minimum Gasteiger partial charge on any atom is -0.489 e. The molecular weight excluding hydrogens is 468 g/mol. The maximum Gasteiger partial charge on any atom is 0.226 e. The quantitative estimate of drug-likeness (QED) is 0.485. The average Bonchev–Trinajstić information content (AvgIpc) is 3.19. The number of halogens is 1. The second kappa shape index (κ2) is 8.54. The van der Waals surface area contributed by atoms with E-state index in [4.69, 9.17) is 4.74 Å². The van der Waals surface area contributed by atoms with Gasteiger partial charge in [0.1, 0.15) is 24.7 Å². The first-order valence-electron chi connectivity index (χ1n) is 10.5. The van der Waals surface area contributed by atoms with Crippen molar-refractivity contribution in [2.24, 2.45) is 0 Å². The first-order chi connectivity index (χ1) is 15.1. The highest BCUT2D eigenvalue weighted by Crippen LogP contribution is 2.40. The highest BCUT2D eigenvalue weighted by molar-refractivity contribution is 9.10. The lowest BCUT2D eigenvalue weighted by Crippen LogP contribution is -2.28. The number of hydrogen-bond acceptors (Lipinski definition) is 5. The summed E-state index contributed by atoms with van der Waals surface area (Å²) in [6.45, 7) is 10.5. The normalized spacial score (nSPS) is 15.9. The number of Topliss-reactive ketones (excluding diaryl/α,β-unsaturated/α-hetero) is 1. The number of nitrogens with one attached hydrogen (secondary N) is 1. The molecule has 6 nitrogen and oxygen atoms in total. The van der Waals surface area contributed by atoms with Crippen molar-refractivity contribution in [3.63, 3.8) is 0 Å². The van der Waals surface area contributed by atoms with Crippen molar-refractivity contribution in [3.8, 4) is 5.75 Å². The van der Waals surface area contributed by atoms with Gasteiger partial charge < -0.3 is 10.1 Å². The molecule has 0 saturated carbocycles. The molecule has 1 aliphatic heterocycles. The third-order valence-corrected chi connectivity index (χ3v) is 6.15. The molecule has 4 rings (SSSR count). The van der Waals surface area contributed by atoms with Gasteiger partial charge in [-0.1, -0.05) is 61.0 Å². The van der Waals surface area contributed by atoms with Crippen LogP contribution in [0.15, 0.2) is 64.5 Å². The van der Waals surface area contributed by atoms with Crippen LogP contribution in [-0.2, 0) is 16.8 Å². The van der Waals surface area contributed by atoms with Gasteiger partial charge >= 0.3 is 0 Å². The molecule has 0 aliphatic carbocycles. The Morgan fingerprint density at radius 2 is 1.91 bits per heavy atom. The summed E-state index contributed by atoms with van der Waals surface area (Å²) in [6, 6.07) is 13.9. The summed E-state index contributed by atoms with van der Waals surface area (Å²) in [7, 11) is 0. The van der Waals surface area contributed by atoms with Gasteiger partial charge in [-0.3, -0.25) is 4.79 Å². The fourth-order valence-electron chi connectivity index (χ4n) is 3.96. The van der Waals surface area contributed by atoms with Crippen molar-refractivity contribution in [2.75, 3.05) is 5.32 Å². The van der Waals surface area contributed by atoms with E-state index in [2.05, 4.69) is 76.4 Å². The number of anilines is 1. The van der Waals surface area contributed by atoms with Crippen molar-refractivity contribution in [1.29, 1.82) is 0 Å². The van der Waals surface area contributed by atoms with E-state index in [1.165, 1.54) is 11.9 Å². The topological polar surface area (TPSA) is 69.0 Å². The van der Waals surface area contributed by atoms with Gasteiger partial charge in [0, 0.05) is 21.3 Å². The number of nitrogens with zero attached hydrogens (tertiary/aromatic N) is 3. The number of aromatic nitrogens is 3. The largest absolute Gasteiger partial charge is 0.489 e. The van der Waals surface area contributed by atoms with Crippen LogP contribution in [-0.4, -0.2) is 20.5 Å². The first-order valence-corrected chi connectivity index (χ1v) is 11.3. The van der Waals surface area contributed by atoms with Gasteiger partial charge in [-0.05, 0) is 48.6 Å². The molecule has 2 aromatic carbocycles. The molecule has 0 bridgehead atoms. The number of hydrogen-bond donors (Lipinski definition) is 1.